The molecule has 1 fully saturated rings. The van der Waals surface area contributed by atoms with Crippen molar-refractivity contribution in [2.24, 2.45) is 5.92 Å². The van der Waals surface area contributed by atoms with Crippen LogP contribution >= 0.6 is 0 Å². The molecule has 0 atom stereocenters. The summed E-state index contributed by atoms with van der Waals surface area (Å²) < 4.78 is 24.1. The van der Waals surface area contributed by atoms with Crippen LogP contribution in [0.2, 0.25) is 0 Å². The van der Waals surface area contributed by atoms with Crippen LogP contribution in [0.15, 0.2) is 72.8 Å². The summed E-state index contributed by atoms with van der Waals surface area (Å²) in [6.07, 6.45) is 2.10. The van der Waals surface area contributed by atoms with E-state index in [4.69, 9.17) is 23.9 Å². The first-order valence-corrected chi connectivity index (χ1v) is 12.7. The standard InChI is InChI=1S/C31H33NO4/c1-22-16-26(34-19-25-12-14-33-15-13-25)18-27(17-22)35-21-30-23(2)31(28-10-6-7-11-29(28)32-30)36-20-24-8-4-3-5-9-24/h3-11,16-18,25H,12-15,19-21H2,1-2H3. The summed E-state index contributed by atoms with van der Waals surface area (Å²) in [6, 6.07) is 24.4. The van der Waals surface area contributed by atoms with Crippen LogP contribution in [0.1, 0.15) is 35.2 Å². The lowest BCUT2D eigenvalue weighted by Gasteiger charge is -2.22. The fourth-order valence-corrected chi connectivity index (χ4v) is 4.54. The smallest absolute Gasteiger partial charge is 0.134 e. The highest BCUT2D eigenvalue weighted by Gasteiger charge is 2.16. The summed E-state index contributed by atoms with van der Waals surface area (Å²) in [5, 5.41) is 1.01. The van der Waals surface area contributed by atoms with Gasteiger partial charge in [0, 0.05) is 30.2 Å². The highest BCUT2D eigenvalue weighted by atomic mass is 16.5. The zero-order chi connectivity index (χ0) is 24.7. The molecule has 1 aliphatic rings. The fraction of sp³-hybridized carbons (Fsp3) is 0.323. The molecule has 5 heteroatoms. The van der Waals surface area contributed by atoms with Crippen LogP contribution < -0.4 is 14.2 Å². The molecule has 3 aromatic carbocycles. The zero-order valence-electron chi connectivity index (χ0n) is 21.0. The van der Waals surface area contributed by atoms with Gasteiger partial charge in [-0.15, -0.1) is 0 Å². The minimum Gasteiger partial charge on any atom is -0.493 e. The molecule has 36 heavy (non-hydrogen) atoms. The van der Waals surface area contributed by atoms with Gasteiger partial charge in [-0.3, -0.25) is 0 Å². The van der Waals surface area contributed by atoms with Crippen molar-refractivity contribution in [3.8, 4) is 17.2 Å². The van der Waals surface area contributed by atoms with Gasteiger partial charge in [0.25, 0.3) is 0 Å². The van der Waals surface area contributed by atoms with Gasteiger partial charge in [0.1, 0.15) is 30.5 Å². The number of fused-ring (bicyclic) bond motifs is 1. The lowest BCUT2D eigenvalue weighted by atomic mass is 10.0. The number of aryl methyl sites for hydroxylation is 1. The first-order valence-electron chi connectivity index (χ1n) is 12.7. The van der Waals surface area contributed by atoms with Crippen molar-refractivity contribution in [2.45, 2.75) is 39.9 Å². The fourth-order valence-electron chi connectivity index (χ4n) is 4.54. The van der Waals surface area contributed by atoms with Gasteiger partial charge in [0.2, 0.25) is 0 Å². The lowest BCUT2D eigenvalue weighted by molar-refractivity contribution is 0.0497. The molecule has 0 bridgehead atoms. The van der Waals surface area contributed by atoms with Gasteiger partial charge in [0.05, 0.1) is 17.8 Å². The van der Waals surface area contributed by atoms with E-state index < -0.39 is 0 Å². The highest BCUT2D eigenvalue weighted by molar-refractivity contribution is 5.86. The molecule has 0 N–H and O–H groups in total. The second-order valence-electron chi connectivity index (χ2n) is 9.44. The molecule has 5 nitrogen and oxygen atoms in total. The van der Waals surface area contributed by atoms with Crippen molar-refractivity contribution in [3.05, 3.63) is 95.2 Å². The summed E-state index contributed by atoms with van der Waals surface area (Å²) in [6.45, 7) is 7.32. The molecule has 0 spiro atoms. The van der Waals surface area contributed by atoms with Crippen molar-refractivity contribution < 1.29 is 18.9 Å². The van der Waals surface area contributed by atoms with E-state index in [1.165, 1.54) is 0 Å². The monoisotopic (exact) mass is 483 g/mol. The minimum atomic E-state index is 0.348. The molecule has 0 amide bonds. The zero-order valence-corrected chi connectivity index (χ0v) is 21.0. The average molecular weight is 484 g/mol. The van der Waals surface area contributed by atoms with Crippen LogP contribution in [-0.2, 0) is 18.0 Å². The van der Waals surface area contributed by atoms with Gasteiger partial charge in [-0.2, -0.15) is 0 Å². The van der Waals surface area contributed by atoms with Crippen molar-refractivity contribution in [1.29, 1.82) is 0 Å². The number of nitrogens with zero attached hydrogens (tertiary/aromatic N) is 1. The quantitative estimate of drug-likeness (QED) is 0.262. The van der Waals surface area contributed by atoms with Crippen LogP contribution in [0.5, 0.6) is 17.2 Å². The second kappa shape index (κ2) is 11.4. The molecule has 0 unspecified atom stereocenters. The van der Waals surface area contributed by atoms with E-state index >= 15 is 0 Å². The van der Waals surface area contributed by atoms with E-state index in [9.17, 15) is 0 Å². The Bertz CT molecular complexity index is 1300. The Hall–Kier alpha value is -3.57. The molecular formula is C31H33NO4. The van der Waals surface area contributed by atoms with Crippen LogP contribution in [0.4, 0.5) is 0 Å². The normalized spacial score (nSPS) is 14.1. The second-order valence-corrected chi connectivity index (χ2v) is 9.44. The first-order chi connectivity index (χ1) is 17.7. The number of aromatic nitrogens is 1. The van der Waals surface area contributed by atoms with E-state index in [0.717, 1.165) is 76.6 Å². The number of para-hydroxylation sites is 1. The number of hydrogen-bond donors (Lipinski definition) is 0. The predicted octanol–water partition coefficient (Wildman–Crippen LogP) is 6.82. The van der Waals surface area contributed by atoms with Crippen molar-refractivity contribution in [1.82, 2.24) is 4.98 Å². The number of hydrogen-bond acceptors (Lipinski definition) is 5. The molecule has 0 radical (unpaired) electrons. The molecule has 1 aromatic heterocycles. The van der Waals surface area contributed by atoms with E-state index in [1.54, 1.807) is 0 Å². The first kappa shape index (κ1) is 24.1. The SMILES string of the molecule is Cc1cc(OCc2nc3ccccc3c(OCc3ccccc3)c2C)cc(OCC2CCOCC2)c1. The molecular weight excluding hydrogens is 450 g/mol. The highest BCUT2D eigenvalue weighted by Crippen LogP contribution is 2.32. The van der Waals surface area contributed by atoms with Gasteiger partial charge in [0.15, 0.2) is 0 Å². The van der Waals surface area contributed by atoms with E-state index in [0.29, 0.717) is 25.7 Å². The van der Waals surface area contributed by atoms with Gasteiger partial charge >= 0.3 is 0 Å². The molecule has 4 aromatic rings. The summed E-state index contributed by atoms with van der Waals surface area (Å²) in [5.74, 6) is 3.01. The largest absolute Gasteiger partial charge is 0.493 e. The van der Waals surface area contributed by atoms with Crippen molar-refractivity contribution in [3.63, 3.8) is 0 Å². The Morgan fingerprint density at radius 1 is 0.806 bits per heavy atom. The Labute approximate surface area is 213 Å². The van der Waals surface area contributed by atoms with E-state index in [2.05, 4.69) is 38.1 Å². The number of benzene rings is 3. The van der Waals surface area contributed by atoms with E-state index in [1.807, 2.05) is 48.5 Å². The number of ether oxygens (including phenoxy) is 4. The third-order valence-corrected chi connectivity index (χ3v) is 6.63. The maximum absolute atomic E-state index is 6.33. The minimum absolute atomic E-state index is 0.348. The number of rotatable bonds is 9. The van der Waals surface area contributed by atoms with Gasteiger partial charge in [-0.05, 0) is 68.0 Å². The van der Waals surface area contributed by atoms with E-state index in [-0.39, 0.29) is 0 Å². The molecule has 5 rings (SSSR count). The molecule has 1 saturated heterocycles. The molecule has 0 saturated carbocycles. The Morgan fingerprint density at radius 3 is 2.33 bits per heavy atom. The summed E-state index contributed by atoms with van der Waals surface area (Å²) in [7, 11) is 0. The Kier molecular flexibility index (Phi) is 7.67. The number of pyridine rings is 1. The summed E-state index contributed by atoms with van der Waals surface area (Å²) in [5.41, 5.74) is 4.99. The Balaban J connectivity index is 1.32. The van der Waals surface area contributed by atoms with Crippen LogP contribution in [0, 0.1) is 19.8 Å². The van der Waals surface area contributed by atoms with Crippen LogP contribution in [0.3, 0.4) is 0 Å². The third kappa shape index (κ3) is 5.97. The molecule has 2 heterocycles. The van der Waals surface area contributed by atoms with Crippen molar-refractivity contribution in [2.75, 3.05) is 19.8 Å². The third-order valence-electron chi connectivity index (χ3n) is 6.63. The van der Waals surface area contributed by atoms with Crippen LogP contribution in [-0.4, -0.2) is 24.8 Å². The maximum Gasteiger partial charge on any atom is 0.134 e. The van der Waals surface area contributed by atoms with Gasteiger partial charge < -0.3 is 18.9 Å². The summed E-state index contributed by atoms with van der Waals surface area (Å²) in [4.78, 5) is 4.90. The molecule has 1 aliphatic heterocycles. The maximum atomic E-state index is 6.33. The van der Waals surface area contributed by atoms with Crippen LogP contribution in [0.25, 0.3) is 10.9 Å². The van der Waals surface area contributed by atoms with Crippen molar-refractivity contribution >= 4 is 10.9 Å². The van der Waals surface area contributed by atoms with Gasteiger partial charge in [-0.1, -0.05) is 42.5 Å². The summed E-state index contributed by atoms with van der Waals surface area (Å²) >= 11 is 0. The average Bonchev–Trinajstić information content (AvgIpc) is 2.91. The Morgan fingerprint density at radius 2 is 1.53 bits per heavy atom. The molecule has 186 valence electrons. The molecule has 0 aliphatic carbocycles. The predicted molar refractivity (Wildman–Crippen MR) is 142 cm³/mol. The topological polar surface area (TPSA) is 49.8 Å². The lowest BCUT2D eigenvalue weighted by Crippen LogP contribution is -2.21. The van der Waals surface area contributed by atoms with Gasteiger partial charge in [-0.25, -0.2) is 4.98 Å².